The maximum Gasteiger partial charge on any atom is 0.00169 e. The van der Waals surface area contributed by atoms with Crippen molar-refractivity contribution in [3.63, 3.8) is 0 Å². The molecule has 0 rings (SSSR count). The van der Waals surface area contributed by atoms with Gasteiger partial charge < -0.3 is 0 Å². The van der Waals surface area contributed by atoms with Gasteiger partial charge >= 0.3 is 0 Å². The molecule has 0 aliphatic heterocycles. The summed E-state index contributed by atoms with van der Waals surface area (Å²) in [6, 6.07) is 0. The SMILES string of the molecule is CCSSSSS. The van der Waals surface area contributed by atoms with Crippen LogP contribution in [0.3, 0.4) is 0 Å². The van der Waals surface area contributed by atoms with E-state index in [1.165, 1.54) is 15.6 Å². The smallest absolute Gasteiger partial charge is 0.00169 e. The highest BCUT2D eigenvalue weighted by atomic mass is 33.8. The maximum atomic E-state index is 3.94. The van der Waals surface area contributed by atoms with E-state index in [0.717, 1.165) is 0 Å². The summed E-state index contributed by atoms with van der Waals surface area (Å²) < 4.78 is 0. The van der Waals surface area contributed by atoms with E-state index in [1.54, 1.807) is 19.7 Å². The molecule has 0 fully saturated rings. The highest BCUT2D eigenvalue weighted by Gasteiger charge is 1.82. The molecule has 5 heteroatoms. The lowest BCUT2D eigenvalue weighted by Gasteiger charge is -1.88. The van der Waals surface area contributed by atoms with Crippen molar-refractivity contribution in [2.24, 2.45) is 0 Å². The molecule has 0 aromatic rings. The van der Waals surface area contributed by atoms with Crippen molar-refractivity contribution >= 4 is 51.9 Å². The maximum absolute atomic E-state index is 3.94. The Bertz CT molecular complexity index is 25.3. The van der Waals surface area contributed by atoms with E-state index in [-0.39, 0.29) is 0 Å². The summed E-state index contributed by atoms with van der Waals surface area (Å²) in [6.45, 7) is 2.14. The molecule has 0 aromatic carbocycles. The van der Waals surface area contributed by atoms with Crippen LogP contribution in [0.15, 0.2) is 0 Å². The standard InChI is InChI=1S/C2H6S5/c1-2-4-6-7-5-3/h3H,2H2,1H3. The van der Waals surface area contributed by atoms with Crippen molar-refractivity contribution in [1.82, 2.24) is 0 Å². The zero-order valence-corrected chi connectivity index (χ0v) is 7.95. The van der Waals surface area contributed by atoms with Crippen LogP contribution in [0.5, 0.6) is 0 Å². The largest absolute Gasteiger partial charge is 0.0988 e. The Morgan fingerprint density at radius 1 is 1.43 bits per heavy atom. The first kappa shape index (κ1) is 8.75. The van der Waals surface area contributed by atoms with Crippen molar-refractivity contribution in [1.29, 1.82) is 0 Å². The first-order valence-electron chi connectivity index (χ1n) is 1.68. The van der Waals surface area contributed by atoms with Crippen molar-refractivity contribution in [3.05, 3.63) is 0 Å². The quantitative estimate of drug-likeness (QED) is 0.409. The van der Waals surface area contributed by atoms with Gasteiger partial charge in [0.05, 0.1) is 0 Å². The molecule has 0 nitrogen and oxygen atoms in total. The van der Waals surface area contributed by atoms with Crippen LogP contribution in [0.1, 0.15) is 6.92 Å². The Labute approximate surface area is 64.4 Å². The fourth-order valence-corrected chi connectivity index (χ4v) is 5.91. The van der Waals surface area contributed by atoms with Gasteiger partial charge in [0, 0.05) is 5.75 Å². The fourth-order valence-electron chi connectivity index (χ4n) is 0.0802. The van der Waals surface area contributed by atoms with Gasteiger partial charge in [-0.1, -0.05) is 29.4 Å². The number of hydrogen-bond donors (Lipinski definition) is 1. The second kappa shape index (κ2) is 7.75. The summed E-state index contributed by atoms with van der Waals surface area (Å²) in [5.41, 5.74) is 0. The monoisotopic (exact) mass is 190 g/mol. The summed E-state index contributed by atoms with van der Waals surface area (Å²) >= 11 is 3.94. The predicted octanol–water partition coefficient (Wildman–Crippen LogP) is 3.53. The van der Waals surface area contributed by atoms with Crippen LogP contribution in [0.25, 0.3) is 0 Å². The van der Waals surface area contributed by atoms with Crippen molar-refractivity contribution in [2.45, 2.75) is 6.92 Å². The van der Waals surface area contributed by atoms with Gasteiger partial charge in [0.25, 0.3) is 0 Å². The van der Waals surface area contributed by atoms with Crippen LogP contribution in [0.2, 0.25) is 0 Å². The zero-order valence-electron chi connectivity index (χ0n) is 3.79. The molecular formula is C2H6S5. The molecule has 0 aliphatic rings. The number of rotatable bonds is 4. The molecular weight excluding hydrogens is 184 g/mol. The van der Waals surface area contributed by atoms with E-state index < -0.39 is 0 Å². The van der Waals surface area contributed by atoms with Crippen LogP contribution in [-0.2, 0) is 0 Å². The molecule has 0 heterocycles. The lowest BCUT2D eigenvalue weighted by atomic mass is 11.0. The van der Waals surface area contributed by atoms with Gasteiger partial charge in [-0.15, -0.1) is 0 Å². The third-order valence-electron chi connectivity index (χ3n) is 0.224. The van der Waals surface area contributed by atoms with E-state index in [4.69, 9.17) is 0 Å². The lowest BCUT2D eigenvalue weighted by Crippen LogP contribution is -1.49. The normalized spacial score (nSPS) is 9.43. The molecule has 7 heavy (non-hydrogen) atoms. The van der Waals surface area contributed by atoms with Gasteiger partial charge in [-0.3, -0.25) is 0 Å². The Hall–Kier alpha value is 1.75. The van der Waals surface area contributed by atoms with Crippen LogP contribution >= 0.6 is 51.9 Å². The molecule has 0 atom stereocenters. The fraction of sp³-hybridized carbons (Fsp3) is 1.00. The lowest BCUT2D eigenvalue weighted by molar-refractivity contribution is 1.54. The summed E-state index contributed by atoms with van der Waals surface area (Å²) in [5, 5.41) is 0. The minimum atomic E-state index is 1.17. The average Bonchev–Trinajstić information content (AvgIpc) is 1.69. The molecule has 44 valence electrons. The number of thiol groups is 1. The second-order valence-electron chi connectivity index (χ2n) is 0.617. The minimum absolute atomic E-state index is 1.17. The Morgan fingerprint density at radius 2 is 2.14 bits per heavy atom. The third kappa shape index (κ3) is 7.75. The van der Waals surface area contributed by atoms with Crippen molar-refractivity contribution in [3.8, 4) is 0 Å². The molecule has 0 aromatic heterocycles. The molecule has 0 bridgehead atoms. The number of hydrogen-bond acceptors (Lipinski definition) is 5. The van der Waals surface area contributed by atoms with Crippen LogP contribution < -0.4 is 0 Å². The first-order valence-corrected chi connectivity index (χ1v) is 7.72. The van der Waals surface area contributed by atoms with E-state index in [2.05, 4.69) is 18.6 Å². The topological polar surface area (TPSA) is 0 Å². The van der Waals surface area contributed by atoms with Gasteiger partial charge in [0.2, 0.25) is 0 Å². The van der Waals surface area contributed by atoms with Gasteiger partial charge in [-0.25, -0.2) is 0 Å². The van der Waals surface area contributed by atoms with Gasteiger partial charge in [-0.05, 0) is 29.5 Å². The molecule has 0 aliphatic carbocycles. The van der Waals surface area contributed by atoms with Gasteiger partial charge in [-0.2, -0.15) is 0 Å². The predicted molar refractivity (Wildman–Crippen MR) is 49.9 cm³/mol. The van der Waals surface area contributed by atoms with E-state index >= 15 is 0 Å². The van der Waals surface area contributed by atoms with Crippen LogP contribution in [0.4, 0.5) is 0 Å². The Balaban J connectivity index is 2.45. The summed E-state index contributed by atoms with van der Waals surface area (Å²) in [6.07, 6.45) is 0. The summed E-state index contributed by atoms with van der Waals surface area (Å²) in [4.78, 5) is 0. The molecule has 0 radical (unpaired) electrons. The highest BCUT2D eigenvalue weighted by Crippen LogP contribution is 2.44. The van der Waals surface area contributed by atoms with E-state index in [1.807, 2.05) is 10.8 Å². The average molecular weight is 190 g/mol. The summed E-state index contributed by atoms with van der Waals surface area (Å²) in [5.74, 6) is 1.17. The zero-order chi connectivity index (χ0) is 5.54. The molecule has 0 saturated heterocycles. The third-order valence-corrected chi connectivity index (χ3v) is 7.07. The molecule has 0 amide bonds. The molecule has 0 N–H and O–H groups in total. The molecule has 0 saturated carbocycles. The van der Waals surface area contributed by atoms with Crippen LogP contribution in [-0.4, -0.2) is 5.75 Å². The van der Waals surface area contributed by atoms with Crippen molar-refractivity contribution < 1.29 is 0 Å². The van der Waals surface area contributed by atoms with Gasteiger partial charge in [0.1, 0.15) is 0 Å². The Morgan fingerprint density at radius 3 is 2.57 bits per heavy atom. The highest BCUT2D eigenvalue weighted by molar-refractivity contribution is 9.34. The minimum Gasteiger partial charge on any atom is -0.0988 e. The van der Waals surface area contributed by atoms with Gasteiger partial charge in [0.15, 0.2) is 0 Å². The van der Waals surface area contributed by atoms with Crippen molar-refractivity contribution in [2.75, 3.05) is 5.75 Å². The Kier molecular flexibility index (Phi) is 9.69. The van der Waals surface area contributed by atoms with Crippen LogP contribution in [0, 0.1) is 0 Å². The second-order valence-corrected chi connectivity index (χ2v) is 7.61. The molecule has 0 unspecified atom stereocenters. The van der Waals surface area contributed by atoms with E-state index in [0.29, 0.717) is 0 Å². The molecule has 0 spiro atoms. The first-order chi connectivity index (χ1) is 3.41. The summed E-state index contributed by atoms with van der Waals surface area (Å²) in [7, 11) is 6.80. The van der Waals surface area contributed by atoms with E-state index in [9.17, 15) is 0 Å².